The highest BCUT2D eigenvalue weighted by Gasteiger charge is 2.26. The zero-order valence-electron chi connectivity index (χ0n) is 5.72. The number of ether oxygens (including phenoxy) is 1. The summed E-state index contributed by atoms with van der Waals surface area (Å²) in [4.78, 5) is 21.1. The first-order valence-corrected chi connectivity index (χ1v) is 3.15. The van der Waals surface area contributed by atoms with Crippen molar-refractivity contribution in [3.63, 3.8) is 0 Å². The van der Waals surface area contributed by atoms with Gasteiger partial charge < -0.3 is 10.1 Å². The van der Waals surface area contributed by atoms with E-state index in [2.05, 4.69) is 10.1 Å². The van der Waals surface area contributed by atoms with Crippen molar-refractivity contribution in [2.45, 2.75) is 19.4 Å². The second-order valence-corrected chi connectivity index (χ2v) is 2.18. The molecule has 1 N–H and O–H groups in total. The predicted molar refractivity (Wildman–Crippen MR) is 33.2 cm³/mol. The lowest BCUT2D eigenvalue weighted by Crippen LogP contribution is -2.26. The van der Waals surface area contributed by atoms with Crippen LogP contribution in [0.25, 0.3) is 0 Å². The fourth-order valence-electron chi connectivity index (χ4n) is 0.884. The zero-order chi connectivity index (χ0) is 7.56. The van der Waals surface area contributed by atoms with Gasteiger partial charge in [-0.25, -0.2) is 0 Å². The van der Waals surface area contributed by atoms with Crippen molar-refractivity contribution >= 4 is 11.9 Å². The van der Waals surface area contributed by atoms with Crippen molar-refractivity contribution < 1.29 is 14.3 Å². The highest BCUT2D eigenvalue weighted by Crippen LogP contribution is 2.04. The Morgan fingerprint density at radius 1 is 1.80 bits per heavy atom. The van der Waals surface area contributed by atoms with E-state index in [-0.39, 0.29) is 5.91 Å². The molecule has 1 saturated heterocycles. The molecule has 1 heterocycles. The van der Waals surface area contributed by atoms with E-state index in [1.165, 1.54) is 6.92 Å². The van der Waals surface area contributed by atoms with Gasteiger partial charge in [0.1, 0.15) is 0 Å². The van der Waals surface area contributed by atoms with E-state index < -0.39 is 12.1 Å². The number of esters is 1. The summed E-state index contributed by atoms with van der Waals surface area (Å²) >= 11 is 0. The number of hydrogen-bond donors (Lipinski definition) is 1. The van der Waals surface area contributed by atoms with Gasteiger partial charge in [-0.3, -0.25) is 9.59 Å². The molecule has 0 bridgehead atoms. The second kappa shape index (κ2) is 2.68. The average Bonchev–Trinajstić information content (AvgIpc) is 2.15. The van der Waals surface area contributed by atoms with Crippen molar-refractivity contribution in [2.75, 3.05) is 6.54 Å². The molecule has 1 rings (SSSR count). The smallest absolute Gasteiger partial charge is 0.303 e. The summed E-state index contributed by atoms with van der Waals surface area (Å²) in [5.41, 5.74) is 0. The summed E-state index contributed by atoms with van der Waals surface area (Å²) in [7, 11) is 0. The standard InChI is InChI=1S/C6H9NO3/c1-4(8)10-5-2-3-7-6(5)9/h5H,2-3H2,1H3,(H,7,9)/t5-/m0/s1. The van der Waals surface area contributed by atoms with Gasteiger partial charge in [-0.1, -0.05) is 0 Å². The Labute approximate surface area is 58.5 Å². The van der Waals surface area contributed by atoms with Crippen LogP contribution in [0.15, 0.2) is 0 Å². The number of carbonyl (C=O) groups excluding carboxylic acids is 2. The number of rotatable bonds is 1. The van der Waals surface area contributed by atoms with Crippen LogP contribution in [0.1, 0.15) is 13.3 Å². The van der Waals surface area contributed by atoms with E-state index in [0.717, 1.165) is 0 Å². The Morgan fingerprint density at radius 2 is 2.50 bits per heavy atom. The third-order valence-electron chi connectivity index (χ3n) is 1.31. The Kier molecular flexibility index (Phi) is 1.89. The topological polar surface area (TPSA) is 55.4 Å². The van der Waals surface area contributed by atoms with E-state index in [4.69, 9.17) is 0 Å². The van der Waals surface area contributed by atoms with Crippen LogP contribution >= 0.6 is 0 Å². The van der Waals surface area contributed by atoms with E-state index in [0.29, 0.717) is 13.0 Å². The van der Waals surface area contributed by atoms with Crippen molar-refractivity contribution in [1.82, 2.24) is 5.32 Å². The molecule has 0 aliphatic carbocycles. The quantitative estimate of drug-likeness (QED) is 0.500. The van der Waals surface area contributed by atoms with Crippen LogP contribution in [0.4, 0.5) is 0 Å². The maximum Gasteiger partial charge on any atom is 0.303 e. The molecule has 1 atom stereocenters. The Bertz CT molecular complexity index is 166. The molecule has 1 amide bonds. The first-order chi connectivity index (χ1) is 4.70. The van der Waals surface area contributed by atoms with E-state index in [9.17, 15) is 9.59 Å². The van der Waals surface area contributed by atoms with Crippen LogP contribution in [0.2, 0.25) is 0 Å². The van der Waals surface area contributed by atoms with Gasteiger partial charge in [0.25, 0.3) is 5.91 Å². The molecule has 0 spiro atoms. The SMILES string of the molecule is CC(=O)O[C@H]1CCNC1=O. The molecular formula is C6H9NO3. The molecule has 1 fully saturated rings. The summed E-state index contributed by atoms with van der Waals surface area (Å²) in [6, 6.07) is 0. The molecule has 0 saturated carbocycles. The molecule has 10 heavy (non-hydrogen) atoms. The average molecular weight is 143 g/mol. The molecule has 1 aliphatic rings. The maximum atomic E-state index is 10.7. The fraction of sp³-hybridized carbons (Fsp3) is 0.667. The monoisotopic (exact) mass is 143 g/mol. The van der Waals surface area contributed by atoms with Crippen molar-refractivity contribution in [1.29, 1.82) is 0 Å². The van der Waals surface area contributed by atoms with Gasteiger partial charge >= 0.3 is 5.97 Å². The van der Waals surface area contributed by atoms with Crippen LogP contribution in [0, 0.1) is 0 Å². The summed E-state index contributed by atoms with van der Waals surface area (Å²) in [6.07, 6.45) is 0.0517. The number of carbonyl (C=O) groups is 2. The minimum atomic E-state index is -0.544. The molecule has 56 valence electrons. The molecule has 4 nitrogen and oxygen atoms in total. The minimum Gasteiger partial charge on any atom is -0.452 e. The van der Waals surface area contributed by atoms with Gasteiger partial charge in [0.2, 0.25) is 0 Å². The predicted octanol–water partition coefficient (Wildman–Crippen LogP) is -0.562. The third kappa shape index (κ3) is 1.46. The van der Waals surface area contributed by atoms with Crippen molar-refractivity contribution in [3.05, 3.63) is 0 Å². The van der Waals surface area contributed by atoms with E-state index in [1.54, 1.807) is 0 Å². The number of amides is 1. The molecule has 0 aromatic rings. The highest BCUT2D eigenvalue weighted by molar-refractivity contribution is 5.85. The molecule has 0 radical (unpaired) electrons. The van der Waals surface area contributed by atoms with Gasteiger partial charge in [0, 0.05) is 19.9 Å². The lowest BCUT2D eigenvalue weighted by molar-refractivity contribution is -0.151. The van der Waals surface area contributed by atoms with Gasteiger partial charge in [0.05, 0.1) is 0 Å². The van der Waals surface area contributed by atoms with Crippen LogP contribution in [0.3, 0.4) is 0 Å². The van der Waals surface area contributed by atoms with Crippen molar-refractivity contribution in [2.24, 2.45) is 0 Å². The van der Waals surface area contributed by atoms with Crippen LogP contribution in [-0.2, 0) is 14.3 Å². The summed E-state index contributed by atoms with van der Waals surface area (Å²) in [6.45, 7) is 1.91. The Hall–Kier alpha value is -1.06. The normalized spacial score (nSPS) is 24.1. The molecule has 0 aromatic heterocycles. The van der Waals surface area contributed by atoms with Crippen LogP contribution < -0.4 is 5.32 Å². The lowest BCUT2D eigenvalue weighted by Gasteiger charge is -2.04. The molecule has 0 aromatic carbocycles. The third-order valence-corrected chi connectivity index (χ3v) is 1.31. The van der Waals surface area contributed by atoms with E-state index >= 15 is 0 Å². The van der Waals surface area contributed by atoms with E-state index in [1.807, 2.05) is 0 Å². The summed E-state index contributed by atoms with van der Waals surface area (Å²) in [5, 5.41) is 2.56. The molecule has 4 heteroatoms. The van der Waals surface area contributed by atoms with Gasteiger partial charge in [-0.15, -0.1) is 0 Å². The molecule has 1 aliphatic heterocycles. The van der Waals surface area contributed by atoms with Crippen LogP contribution in [-0.4, -0.2) is 24.5 Å². The Morgan fingerprint density at radius 3 is 2.90 bits per heavy atom. The first-order valence-electron chi connectivity index (χ1n) is 3.15. The van der Waals surface area contributed by atoms with Gasteiger partial charge in [0.15, 0.2) is 6.10 Å². The largest absolute Gasteiger partial charge is 0.452 e. The highest BCUT2D eigenvalue weighted by atomic mass is 16.5. The maximum absolute atomic E-state index is 10.7. The fourth-order valence-corrected chi connectivity index (χ4v) is 0.884. The van der Waals surface area contributed by atoms with Gasteiger partial charge in [-0.2, -0.15) is 0 Å². The minimum absolute atomic E-state index is 0.185. The van der Waals surface area contributed by atoms with Crippen LogP contribution in [0.5, 0.6) is 0 Å². The lowest BCUT2D eigenvalue weighted by atomic mass is 10.3. The summed E-state index contributed by atoms with van der Waals surface area (Å²) in [5.74, 6) is -0.586. The van der Waals surface area contributed by atoms with Gasteiger partial charge in [-0.05, 0) is 0 Å². The van der Waals surface area contributed by atoms with Crippen molar-refractivity contribution in [3.8, 4) is 0 Å². The molecule has 0 unspecified atom stereocenters. The number of hydrogen-bond acceptors (Lipinski definition) is 3. The summed E-state index contributed by atoms with van der Waals surface area (Å²) < 4.78 is 4.67. The molecular weight excluding hydrogens is 134 g/mol. The second-order valence-electron chi connectivity index (χ2n) is 2.18. The Balaban J connectivity index is 2.40. The first kappa shape index (κ1) is 7.05. The number of nitrogens with one attached hydrogen (secondary N) is 1. The zero-order valence-corrected chi connectivity index (χ0v) is 5.72.